The van der Waals surface area contributed by atoms with Crippen LogP contribution in [0.1, 0.15) is 46.8 Å². The van der Waals surface area contributed by atoms with Gasteiger partial charge in [-0.2, -0.15) is 10.6 Å². The Labute approximate surface area is 239 Å². The van der Waals surface area contributed by atoms with Crippen molar-refractivity contribution in [2.45, 2.75) is 43.4 Å². The summed E-state index contributed by atoms with van der Waals surface area (Å²) in [6, 6.07) is 21.0. The SMILES string of the molecule is O=c1cc(OCc2ccc(Cl)cn2)ccn1C1=Cc2ccc(CNC3CCS(O)(O)c4ccccc43)cc2CC1. The van der Waals surface area contributed by atoms with Crippen molar-refractivity contribution >= 4 is 34.0 Å². The maximum absolute atomic E-state index is 12.9. The minimum atomic E-state index is -2.70. The second-order valence-electron chi connectivity index (χ2n) is 10.1. The van der Waals surface area contributed by atoms with Crippen LogP contribution in [0, 0.1) is 0 Å². The summed E-state index contributed by atoms with van der Waals surface area (Å²) >= 11 is 5.88. The third-order valence-electron chi connectivity index (χ3n) is 7.45. The fourth-order valence-corrected chi connectivity index (χ4v) is 7.11. The number of rotatable bonds is 7. The van der Waals surface area contributed by atoms with E-state index in [1.54, 1.807) is 35.2 Å². The first-order valence-electron chi connectivity index (χ1n) is 13.2. The molecule has 2 aliphatic rings. The molecule has 0 fully saturated rings. The highest BCUT2D eigenvalue weighted by Crippen LogP contribution is 2.55. The second kappa shape index (κ2) is 11.2. The summed E-state index contributed by atoms with van der Waals surface area (Å²) in [5, 5.41) is 4.18. The number of aromatic nitrogens is 2. The molecule has 7 nitrogen and oxygen atoms in total. The average Bonchev–Trinajstić information content (AvgIpc) is 2.96. The molecular formula is C31H30ClN3O4S. The summed E-state index contributed by atoms with van der Waals surface area (Å²) in [6.07, 6.45) is 7.70. The summed E-state index contributed by atoms with van der Waals surface area (Å²) in [5.74, 6) is 0.878. The molecule has 1 unspecified atom stereocenters. The van der Waals surface area contributed by atoms with Crippen LogP contribution in [0.15, 0.2) is 88.8 Å². The molecule has 40 heavy (non-hydrogen) atoms. The number of aryl methyl sites for hydroxylation is 1. The third kappa shape index (κ3) is 5.73. The van der Waals surface area contributed by atoms with Gasteiger partial charge in [-0.1, -0.05) is 48.0 Å². The highest BCUT2D eigenvalue weighted by atomic mass is 35.5. The Morgan fingerprint density at radius 2 is 1.95 bits per heavy atom. The predicted molar refractivity (Wildman–Crippen MR) is 160 cm³/mol. The molecule has 1 aliphatic heterocycles. The highest BCUT2D eigenvalue weighted by molar-refractivity contribution is 8.24. The molecule has 3 N–H and O–H groups in total. The van der Waals surface area contributed by atoms with Crippen LogP contribution in [0.2, 0.25) is 5.02 Å². The summed E-state index contributed by atoms with van der Waals surface area (Å²) < 4.78 is 28.3. The number of hydrogen-bond acceptors (Lipinski definition) is 6. The van der Waals surface area contributed by atoms with Crippen LogP contribution in [-0.2, 0) is 19.6 Å². The zero-order valence-electron chi connectivity index (χ0n) is 21.8. The molecule has 3 heterocycles. The zero-order chi connectivity index (χ0) is 27.7. The Morgan fingerprint density at radius 1 is 1.07 bits per heavy atom. The number of nitrogens with zero attached hydrogens (tertiary/aromatic N) is 2. The Balaban J connectivity index is 1.12. The van der Waals surface area contributed by atoms with E-state index in [0.717, 1.165) is 35.4 Å². The monoisotopic (exact) mass is 575 g/mol. The number of allylic oxidation sites excluding steroid dienone is 1. The van der Waals surface area contributed by atoms with Crippen LogP contribution in [0.3, 0.4) is 0 Å². The first kappa shape index (κ1) is 26.8. The van der Waals surface area contributed by atoms with Crippen molar-refractivity contribution in [2.24, 2.45) is 0 Å². The maximum atomic E-state index is 12.9. The van der Waals surface area contributed by atoms with Crippen molar-refractivity contribution in [3.63, 3.8) is 0 Å². The lowest BCUT2D eigenvalue weighted by Crippen LogP contribution is -2.28. The number of fused-ring (bicyclic) bond motifs is 2. The van der Waals surface area contributed by atoms with E-state index in [1.165, 1.54) is 17.2 Å². The van der Waals surface area contributed by atoms with Crippen LogP contribution >= 0.6 is 22.2 Å². The van der Waals surface area contributed by atoms with E-state index >= 15 is 0 Å². The molecular weight excluding hydrogens is 546 g/mol. The van der Waals surface area contributed by atoms with Gasteiger partial charge in [0.1, 0.15) is 12.4 Å². The minimum Gasteiger partial charge on any atom is -0.487 e. The molecule has 2 aromatic heterocycles. The predicted octanol–water partition coefficient (Wildman–Crippen LogP) is 6.76. The van der Waals surface area contributed by atoms with Crippen molar-refractivity contribution in [1.29, 1.82) is 0 Å². The zero-order valence-corrected chi connectivity index (χ0v) is 23.4. The second-order valence-corrected chi connectivity index (χ2v) is 12.7. The summed E-state index contributed by atoms with van der Waals surface area (Å²) in [5.41, 5.74) is 6.07. The van der Waals surface area contributed by atoms with E-state index in [9.17, 15) is 13.9 Å². The van der Waals surface area contributed by atoms with Crippen LogP contribution in [0.25, 0.3) is 11.8 Å². The maximum Gasteiger partial charge on any atom is 0.258 e. The number of ether oxygens (including phenoxy) is 1. The lowest BCUT2D eigenvalue weighted by molar-refractivity contribution is 0.300. The molecule has 1 atom stereocenters. The Morgan fingerprint density at radius 3 is 2.77 bits per heavy atom. The minimum absolute atomic E-state index is 0.0833. The Kier molecular flexibility index (Phi) is 7.53. The van der Waals surface area contributed by atoms with Crippen LogP contribution in [0.5, 0.6) is 5.75 Å². The molecule has 0 radical (unpaired) electrons. The Hall–Kier alpha value is -3.40. The van der Waals surface area contributed by atoms with Gasteiger partial charge >= 0.3 is 0 Å². The quantitative estimate of drug-likeness (QED) is 0.225. The van der Waals surface area contributed by atoms with Gasteiger partial charge in [-0.05, 0) is 71.9 Å². The van der Waals surface area contributed by atoms with Gasteiger partial charge in [0.2, 0.25) is 0 Å². The Bertz CT molecular complexity index is 1630. The summed E-state index contributed by atoms with van der Waals surface area (Å²) in [6.45, 7) is 0.945. The smallest absolute Gasteiger partial charge is 0.258 e. The van der Waals surface area contributed by atoms with Crippen molar-refractivity contribution < 1.29 is 13.8 Å². The number of benzene rings is 2. The lowest BCUT2D eigenvalue weighted by Gasteiger charge is -2.41. The largest absolute Gasteiger partial charge is 0.487 e. The topological polar surface area (TPSA) is 96.6 Å². The molecule has 2 aromatic carbocycles. The first-order valence-corrected chi connectivity index (χ1v) is 15.3. The van der Waals surface area contributed by atoms with Crippen LogP contribution in [-0.4, -0.2) is 24.4 Å². The number of hydrogen-bond donors (Lipinski definition) is 3. The van der Waals surface area contributed by atoms with E-state index in [2.05, 4.69) is 34.6 Å². The molecule has 6 rings (SSSR count). The van der Waals surface area contributed by atoms with Gasteiger partial charge in [0.15, 0.2) is 0 Å². The van der Waals surface area contributed by atoms with E-state index in [4.69, 9.17) is 16.3 Å². The number of nitrogens with one attached hydrogen (secondary N) is 1. The third-order valence-corrected chi connectivity index (χ3v) is 9.55. The number of pyridine rings is 2. The molecule has 206 valence electrons. The standard InChI is InChI=1S/C31H30ClN3O4S/c32-24-8-9-25(33-19-24)20-39-27-11-13-35(31(36)17-27)26-10-7-22-15-21(5-6-23(22)16-26)18-34-29-12-14-40(37,38)30-4-2-1-3-28(29)30/h1-6,8-9,11,13,15-17,19,29,34,37-38H,7,10,12,14,18,20H2. The van der Waals surface area contributed by atoms with E-state index in [0.29, 0.717) is 34.4 Å². The van der Waals surface area contributed by atoms with E-state index < -0.39 is 10.6 Å². The van der Waals surface area contributed by atoms with Crippen LogP contribution < -0.4 is 15.6 Å². The van der Waals surface area contributed by atoms with E-state index in [1.807, 2.05) is 24.3 Å². The molecule has 0 saturated heterocycles. The highest BCUT2D eigenvalue weighted by Gasteiger charge is 2.30. The summed E-state index contributed by atoms with van der Waals surface area (Å²) in [4.78, 5) is 17.8. The molecule has 0 spiro atoms. The molecule has 1 aliphatic carbocycles. The van der Waals surface area contributed by atoms with Crippen molar-refractivity contribution in [2.75, 3.05) is 5.75 Å². The van der Waals surface area contributed by atoms with Gasteiger partial charge in [0.25, 0.3) is 5.56 Å². The fourth-order valence-electron chi connectivity index (χ4n) is 5.33. The molecule has 4 aromatic rings. The van der Waals surface area contributed by atoms with Gasteiger partial charge in [-0.15, -0.1) is 0 Å². The van der Waals surface area contributed by atoms with Crippen molar-refractivity contribution in [1.82, 2.24) is 14.9 Å². The van der Waals surface area contributed by atoms with Gasteiger partial charge in [-0.3, -0.25) is 23.5 Å². The summed E-state index contributed by atoms with van der Waals surface area (Å²) in [7, 11) is -2.70. The first-order chi connectivity index (χ1) is 19.4. The fraction of sp³-hybridized carbons (Fsp3) is 0.226. The van der Waals surface area contributed by atoms with Crippen LogP contribution in [0.4, 0.5) is 0 Å². The van der Waals surface area contributed by atoms with Crippen molar-refractivity contribution in [3.05, 3.63) is 122 Å². The normalized spacial score (nSPS) is 18.3. The molecule has 9 heteroatoms. The van der Waals surface area contributed by atoms with Gasteiger partial charge in [0.05, 0.1) is 15.6 Å². The molecule has 0 amide bonds. The van der Waals surface area contributed by atoms with Gasteiger partial charge in [-0.25, -0.2) is 0 Å². The van der Waals surface area contributed by atoms with Gasteiger partial charge in [0, 0.05) is 42.5 Å². The van der Waals surface area contributed by atoms with Crippen molar-refractivity contribution in [3.8, 4) is 5.75 Å². The average molecular weight is 576 g/mol. The molecule has 0 bridgehead atoms. The lowest BCUT2D eigenvalue weighted by atomic mass is 9.93. The molecule has 0 saturated carbocycles. The van der Waals surface area contributed by atoms with Gasteiger partial charge < -0.3 is 10.1 Å². The number of halogens is 1. The van der Waals surface area contributed by atoms with E-state index in [-0.39, 0.29) is 18.2 Å².